The summed E-state index contributed by atoms with van der Waals surface area (Å²) < 4.78 is 11.0. The lowest BCUT2D eigenvalue weighted by Crippen LogP contribution is -2.00. The second kappa shape index (κ2) is 5.44. The molecular weight excluding hydrogens is 264 g/mol. The van der Waals surface area contributed by atoms with Crippen molar-refractivity contribution >= 4 is 11.0 Å². The van der Waals surface area contributed by atoms with Gasteiger partial charge in [-0.15, -0.1) is 0 Å². The van der Waals surface area contributed by atoms with Crippen molar-refractivity contribution in [1.29, 1.82) is 0 Å². The van der Waals surface area contributed by atoms with Gasteiger partial charge in [-0.25, -0.2) is 0 Å². The van der Waals surface area contributed by atoms with Crippen LogP contribution < -0.4 is 10.2 Å². The first-order chi connectivity index (χ1) is 10.2. The van der Waals surface area contributed by atoms with Gasteiger partial charge in [0.25, 0.3) is 0 Å². The standard InChI is InChI=1S/C18H16O3/c1-3-12-4-6-13(7-5-12)18-11-16(19)15-10-14(20-2)8-9-17(15)21-18/h4-11H,3H2,1-2H3. The van der Waals surface area contributed by atoms with Gasteiger partial charge in [0.05, 0.1) is 12.5 Å². The van der Waals surface area contributed by atoms with Crippen LogP contribution in [-0.4, -0.2) is 7.11 Å². The van der Waals surface area contributed by atoms with E-state index in [9.17, 15) is 4.79 Å². The predicted molar refractivity (Wildman–Crippen MR) is 83.9 cm³/mol. The van der Waals surface area contributed by atoms with Crippen LogP contribution in [0.3, 0.4) is 0 Å². The van der Waals surface area contributed by atoms with Crippen molar-refractivity contribution in [3.63, 3.8) is 0 Å². The Hall–Kier alpha value is -2.55. The van der Waals surface area contributed by atoms with Crippen molar-refractivity contribution in [2.75, 3.05) is 7.11 Å². The van der Waals surface area contributed by atoms with E-state index in [0.717, 1.165) is 12.0 Å². The van der Waals surface area contributed by atoms with E-state index in [0.29, 0.717) is 22.5 Å². The largest absolute Gasteiger partial charge is 0.497 e. The SMILES string of the molecule is CCc1ccc(-c2cc(=O)c3cc(OC)ccc3o2)cc1. The smallest absolute Gasteiger partial charge is 0.193 e. The van der Waals surface area contributed by atoms with Crippen molar-refractivity contribution in [3.8, 4) is 17.1 Å². The van der Waals surface area contributed by atoms with Crippen molar-refractivity contribution < 1.29 is 9.15 Å². The molecule has 3 heteroatoms. The molecule has 0 bridgehead atoms. The number of aryl methyl sites for hydroxylation is 1. The molecule has 0 N–H and O–H groups in total. The molecule has 106 valence electrons. The fourth-order valence-corrected chi connectivity index (χ4v) is 2.31. The maximum absolute atomic E-state index is 12.2. The van der Waals surface area contributed by atoms with E-state index >= 15 is 0 Å². The molecule has 0 aliphatic heterocycles. The quantitative estimate of drug-likeness (QED) is 0.727. The highest BCUT2D eigenvalue weighted by atomic mass is 16.5. The average molecular weight is 280 g/mol. The minimum absolute atomic E-state index is 0.0651. The molecule has 0 amide bonds. The number of hydrogen-bond acceptors (Lipinski definition) is 3. The maximum atomic E-state index is 12.2. The van der Waals surface area contributed by atoms with Crippen LogP contribution in [0.5, 0.6) is 5.75 Å². The molecule has 1 aromatic heterocycles. The van der Waals surface area contributed by atoms with E-state index in [1.165, 1.54) is 11.6 Å². The van der Waals surface area contributed by atoms with Crippen LogP contribution in [0.2, 0.25) is 0 Å². The van der Waals surface area contributed by atoms with Crippen LogP contribution in [0.1, 0.15) is 12.5 Å². The average Bonchev–Trinajstić information content (AvgIpc) is 2.54. The zero-order chi connectivity index (χ0) is 14.8. The Morgan fingerprint density at radius 3 is 2.48 bits per heavy atom. The summed E-state index contributed by atoms with van der Waals surface area (Å²) in [5.74, 6) is 1.23. The van der Waals surface area contributed by atoms with Crippen molar-refractivity contribution in [1.82, 2.24) is 0 Å². The summed E-state index contributed by atoms with van der Waals surface area (Å²) in [7, 11) is 1.58. The summed E-state index contributed by atoms with van der Waals surface area (Å²) >= 11 is 0. The molecule has 0 spiro atoms. The monoisotopic (exact) mass is 280 g/mol. The topological polar surface area (TPSA) is 39.4 Å². The molecular formula is C18H16O3. The van der Waals surface area contributed by atoms with Gasteiger partial charge in [-0.3, -0.25) is 4.79 Å². The number of rotatable bonds is 3. The molecule has 0 saturated carbocycles. The number of methoxy groups -OCH3 is 1. The summed E-state index contributed by atoms with van der Waals surface area (Å²) in [6.45, 7) is 2.11. The number of ether oxygens (including phenoxy) is 1. The summed E-state index contributed by atoms with van der Waals surface area (Å²) in [5.41, 5.74) is 2.66. The van der Waals surface area contributed by atoms with Crippen LogP contribution in [0, 0.1) is 0 Å². The summed E-state index contributed by atoms with van der Waals surface area (Å²) in [6.07, 6.45) is 0.988. The molecule has 0 unspecified atom stereocenters. The highest BCUT2D eigenvalue weighted by molar-refractivity contribution is 5.80. The van der Waals surface area contributed by atoms with Gasteiger partial charge in [0.1, 0.15) is 17.1 Å². The molecule has 0 fully saturated rings. The van der Waals surface area contributed by atoms with E-state index in [-0.39, 0.29) is 5.43 Å². The normalized spacial score (nSPS) is 10.8. The van der Waals surface area contributed by atoms with Gasteiger partial charge in [0, 0.05) is 11.6 Å². The minimum Gasteiger partial charge on any atom is -0.497 e. The molecule has 3 nitrogen and oxygen atoms in total. The first-order valence-corrected chi connectivity index (χ1v) is 6.92. The molecule has 3 rings (SSSR count). The Labute approximate surface area is 122 Å². The highest BCUT2D eigenvalue weighted by Crippen LogP contribution is 2.24. The van der Waals surface area contributed by atoms with E-state index in [2.05, 4.69) is 6.92 Å². The summed E-state index contributed by atoms with van der Waals surface area (Å²) in [4.78, 5) is 12.2. The fraction of sp³-hybridized carbons (Fsp3) is 0.167. The van der Waals surface area contributed by atoms with Gasteiger partial charge in [-0.1, -0.05) is 31.2 Å². The lowest BCUT2D eigenvalue weighted by atomic mass is 10.1. The molecule has 0 saturated heterocycles. The van der Waals surface area contributed by atoms with E-state index in [1.54, 1.807) is 25.3 Å². The van der Waals surface area contributed by atoms with Crippen LogP contribution in [0.25, 0.3) is 22.3 Å². The van der Waals surface area contributed by atoms with E-state index < -0.39 is 0 Å². The first-order valence-electron chi connectivity index (χ1n) is 6.92. The van der Waals surface area contributed by atoms with Gasteiger partial charge < -0.3 is 9.15 Å². The van der Waals surface area contributed by atoms with Gasteiger partial charge in [-0.2, -0.15) is 0 Å². The third-order valence-electron chi connectivity index (χ3n) is 3.58. The maximum Gasteiger partial charge on any atom is 0.193 e. The Morgan fingerprint density at radius 2 is 1.81 bits per heavy atom. The summed E-state index contributed by atoms with van der Waals surface area (Å²) in [5, 5.41) is 0.531. The number of hydrogen-bond donors (Lipinski definition) is 0. The molecule has 21 heavy (non-hydrogen) atoms. The van der Waals surface area contributed by atoms with Crippen molar-refractivity contribution in [2.45, 2.75) is 13.3 Å². The van der Waals surface area contributed by atoms with Crippen LogP contribution >= 0.6 is 0 Å². The van der Waals surface area contributed by atoms with Crippen LogP contribution in [0.15, 0.2) is 57.7 Å². The lowest BCUT2D eigenvalue weighted by Gasteiger charge is -2.05. The summed E-state index contributed by atoms with van der Waals surface area (Å²) in [6, 6.07) is 14.8. The molecule has 3 aromatic rings. The Balaban J connectivity index is 2.13. The Kier molecular flexibility index (Phi) is 3.48. The van der Waals surface area contributed by atoms with Gasteiger partial charge >= 0.3 is 0 Å². The van der Waals surface area contributed by atoms with Gasteiger partial charge in [-0.05, 0) is 30.2 Å². The Morgan fingerprint density at radius 1 is 1.05 bits per heavy atom. The minimum atomic E-state index is -0.0651. The molecule has 0 aliphatic rings. The molecule has 0 aliphatic carbocycles. The molecule has 0 atom stereocenters. The van der Waals surface area contributed by atoms with Crippen LogP contribution in [-0.2, 0) is 6.42 Å². The van der Waals surface area contributed by atoms with E-state index in [4.69, 9.17) is 9.15 Å². The van der Waals surface area contributed by atoms with Crippen LogP contribution in [0.4, 0.5) is 0 Å². The second-order valence-corrected chi connectivity index (χ2v) is 4.89. The van der Waals surface area contributed by atoms with Crippen molar-refractivity contribution in [3.05, 3.63) is 64.3 Å². The highest BCUT2D eigenvalue weighted by Gasteiger charge is 2.08. The lowest BCUT2D eigenvalue weighted by molar-refractivity contribution is 0.415. The third kappa shape index (κ3) is 2.55. The molecule has 1 heterocycles. The van der Waals surface area contributed by atoms with Gasteiger partial charge in [0.2, 0.25) is 0 Å². The van der Waals surface area contributed by atoms with E-state index in [1.807, 2.05) is 24.3 Å². The number of fused-ring (bicyclic) bond motifs is 1. The Bertz CT molecular complexity index is 829. The fourth-order valence-electron chi connectivity index (χ4n) is 2.31. The predicted octanol–water partition coefficient (Wildman–Crippen LogP) is 4.03. The first kappa shape index (κ1) is 13.4. The van der Waals surface area contributed by atoms with Gasteiger partial charge in [0.15, 0.2) is 5.43 Å². The zero-order valence-electron chi connectivity index (χ0n) is 12.1. The zero-order valence-corrected chi connectivity index (χ0v) is 12.1. The number of benzene rings is 2. The second-order valence-electron chi connectivity index (χ2n) is 4.89. The third-order valence-corrected chi connectivity index (χ3v) is 3.58. The molecule has 0 radical (unpaired) electrons. The molecule has 2 aromatic carbocycles. The van der Waals surface area contributed by atoms with Crippen molar-refractivity contribution in [2.24, 2.45) is 0 Å².